The van der Waals surface area contributed by atoms with Crippen molar-refractivity contribution in [2.24, 2.45) is 11.8 Å². The summed E-state index contributed by atoms with van der Waals surface area (Å²) < 4.78 is 3.06. The molecule has 6 atom stereocenters. The monoisotopic (exact) mass is 996 g/mol. The molecule has 0 aromatic heterocycles. The van der Waals surface area contributed by atoms with E-state index in [-0.39, 0.29) is 24.8 Å². The van der Waals surface area contributed by atoms with Gasteiger partial charge in [-0.25, -0.2) is 0 Å². The molecule has 0 saturated carbocycles. The van der Waals surface area contributed by atoms with Gasteiger partial charge in [-0.3, -0.25) is 0 Å². The van der Waals surface area contributed by atoms with Crippen LogP contribution in [0.4, 0.5) is 0 Å². The minimum absolute atomic E-state index is 0. The van der Waals surface area contributed by atoms with E-state index in [1.54, 1.807) is 44.5 Å². The topological polar surface area (TPSA) is 0 Å². The molecule has 0 saturated heterocycles. The molecule has 6 unspecified atom stereocenters. The predicted octanol–water partition coefficient (Wildman–Crippen LogP) is 8.65. The number of rotatable bonds is 12. The summed E-state index contributed by atoms with van der Waals surface area (Å²) in [5, 5.41) is 0. The molecule has 0 fully saturated rings. The molecule has 304 valence electrons. The zero-order valence-corrected chi connectivity index (χ0v) is 45.5. The van der Waals surface area contributed by atoms with E-state index in [9.17, 15) is 0 Å². The Balaban J connectivity index is 0.000000214. The van der Waals surface area contributed by atoms with Crippen LogP contribution in [0.3, 0.4) is 0 Å². The van der Waals surface area contributed by atoms with Gasteiger partial charge in [0, 0.05) is 0 Å². The van der Waals surface area contributed by atoms with Gasteiger partial charge in [0.05, 0.1) is 0 Å². The molecule has 0 aliphatic heterocycles. The van der Waals surface area contributed by atoms with Crippen molar-refractivity contribution >= 4 is 34.1 Å². The van der Waals surface area contributed by atoms with E-state index in [4.69, 9.17) is 0 Å². The van der Waals surface area contributed by atoms with Gasteiger partial charge in [0.2, 0.25) is 0 Å². The zero-order valence-electron chi connectivity index (χ0n) is 36.8. The summed E-state index contributed by atoms with van der Waals surface area (Å²) >= 11 is -3.55. The third-order valence-corrected chi connectivity index (χ3v) is 56.0. The van der Waals surface area contributed by atoms with E-state index >= 15 is 0 Å². The molecular formula is C52H66Cl2Si2Zr2. The van der Waals surface area contributed by atoms with Crippen molar-refractivity contribution in [1.29, 1.82) is 0 Å². The minimum Gasteiger partial charge on any atom is -1.00 e. The van der Waals surface area contributed by atoms with Gasteiger partial charge in [-0.1, -0.05) is 0 Å². The summed E-state index contributed by atoms with van der Waals surface area (Å²) in [6, 6.07) is 37.2. The first-order valence-electron chi connectivity index (χ1n) is 22.0. The Hall–Kier alpha value is -1.38. The summed E-state index contributed by atoms with van der Waals surface area (Å²) in [4.78, 5) is 0. The second-order valence-electron chi connectivity index (χ2n) is 17.9. The minimum atomic E-state index is -1.77. The summed E-state index contributed by atoms with van der Waals surface area (Å²) in [7, 11) is 0. The van der Waals surface area contributed by atoms with Crippen LogP contribution >= 0.6 is 0 Å². The fraction of sp³-hybridized carbons (Fsp3) is 0.385. The van der Waals surface area contributed by atoms with Crippen LogP contribution in [0.5, 0.6) is 0 Å². The number of fused-ring (bicyclic) bond motifs is 4. The molecule has 0 heterocycles. The molecule has 0 radical (unpaired) electrons. The van der Waals surface area contributed by atoms with Crippen LogP contribution in [0, 0.1) is 11.8 Å². The molecule has 58 heavy (non-hydrogen) atoms. The van der Waals surface area contributed by atoms with Crippen molar-refractivity contribution in [3.63, 3.8) is 0 Å². The van der Waals surface area contributed by atoms with E-state index in [0.717, 1.165) is 14.5 Å². The molecule has 0 amide bonds. The average molecular weight is 1000 g/mol. The Labute approximate surface area is 382 Å². The Morgan fingerprint density at radius 2 is 0.724 bits per heavy atom. The van der Waals surface area contributed by atoms with E-state index < -0.39 is 53.7 Å². The molecule has 4 aliphatic carbocycles. The maximum Gasteiger partial charge on any atom is -1.00 e. The Morgan fingerprint density at radius 1 is 0.448 bits per heavy atom. The molecule has 4 aromatic carbocycles. The molecular weight excluding hydrogens is 934 g/mol. The summed E-state index contributed by atoms with van der Waals surface area (Å²) in [5.41, 5.74) is 19.2. The molecule has 0 bridgehead atoms. The Morgan fingerprint density at radius 3 is 1.03 bits per heavy atom. The van der Waals surface area contributed by atoms with Gasteiger partial charge in [-0.15, -0.1) is 0 Å². The first kappa shape index (κ1) is 47.7. The van der Waals surface area contributed by atoms with Crippen molar-refractivity contribution in [2.75, 3.05) is 0 Å². The number of hydrogen-bond acceptors (Lipinski definition) is 0. The Bertz CT molecular complexity index is 2010. The van der Waals surface area contributed by atoms with Crippen LogP contribution in [0.25, 0.3) is 22.3 Å². The molecule has 4 aliphatic rings. The van der Waals surface area contributed by atoms with Crippen molar-refractivity contribution in [3.8, 4) is 0 Å². The third-order valence-electron chi connectivity index (χ3n) is 13.5. The second kappa shape index (κ2) is 21.1. The average Bonchev–Trinajstić information content (AvgIpc) is 3.94. The fourth-order valence-electron chi connectivity index (χ4n) is 10.9. The number of allylic oxidation sites excluding steroid dienone is 8. The SMILES string of the molecule is CCCC(C)C1=C[CH]([Zr+]([CH]2C=C(C)c3ccccc32)[SiH](C)C)c2ccccc21.CCCC(C)C1=C[CH]([Zr+]([CH]2C=C(C)c3ccccc32)[SiH](C)C)c2ccccc21.[Cl-].[Cl-]. The van der Waals surface area contributed by atoms with Crippen LogP contribution in [0.2, 0.25) is 26.2 Å². The second-order valence-corrected chi connectivity index (χ2v) is 58.5. The molecule has 0 nitrogen and oxygen atoms in total. The van der Waals surface area contributed by atoms with E-state index in [2.05, 4.69) is 189 Å². The third kappa shape index (κ3) is 9.49. The van der Waals surface area contributed by atoms with Crippen LogP contribution in [-0.2, 0) is 41.8 Å². The van der Waals surface area contributed by atoms with Crippen molar-refractivity contribution in [2.45, 2.75) is 108 Å². The van der Waals surface area contributed by atoms with Gasteiger partial charge in [-0.2, -0.15) is 0 Å². The number of benzene rings is 4. The number of halogens is 2. The standard InChI is InChI=1S/2C14H17.2C10H9.2C2H7Si.2ClH.2Zr/c2*1-3-6-11(2)13-10-9-12-7-4-5-8-14(12)13;2*1-8-6-7-9-4-2-3-5-10(8)9;2*1-3-2;;;;/h2*4-5,7-11H,3,6H2,1-2H3;2*2-7H,1H3;2*3H,1-2H3;2*1H;;/q;;;;;;;;2*+1/p-2. The smallest absolute Gasteiger partial charge is 1.00 e. The van der Waals surface area contributed by atoms with Crippen molar-refractivity contribution in [3.05, 3.63) is 166 Å². The van der Waals surface area contributed by atoms with E-state index in [1.807, 2.05) is 0 Å². The summed E-state index contributed by atoms with van der Waals surface area (Å²) in [6.07, 6.45) is 16.0. The van der Waals surface area contributed by atoms with Crippen molar-refractivity contribution < 1.29 is 66.6 Å². The van der Waals surface area contributed by atoms with E-state index in [0.29, 0.717) is 11.8 Å². The molecule has 0 N–H and O–H groups in total. The summed E-state index contributed by atoms with van der Waals surface area (Å²) in [6.45, 7) is 24.8. The van der Waals surface area contributed by atoms with Crippen LogP contribution in [0.15, 0.2) is 121 Å². The quantitative estimate of drug-likeness (QED) is 0.125. The first-order chi connectivity index (χ1) is 27.0. The van der Waals surface area contributed by atoms with Crippen LogP contribution < -0.4 is 24.8 Å². The maximum atomic E-state index is 2.76. The Kier molecular flexibility index (Phi) is 17.4. The molecule has 8 rings (SSSR count). The van der Waals surface area contributed by atoms with Gasteiger partial charge in [0.25, 0.3) is 0 Å². The zero-order chi connectivity index (χ0) is 39.7. The van der Waals surface area contributed by atoms with Gasteiger partial charge in [-0.05, 0) is 0 Å². The van der Waals surface area contributed by atoms with Crippen LogP contribution in [-0.4, -0.2) is 11.8 Å². The van der Waals surface area contributed by atoms with Crippen molar-refractivity contribution in [1.82, 2.24) is 0 Å². The molecule has 6 heteroatoms. The van der Waals surface area contributed by atoms with Gasteiger partial charge in [0.1, 0.15) is 0 Å². The van der Waals surface area contributed by atoms with Gasteiger partial charge >= 0.3 is 362 Å². The first-order valence-corrected chi connectivity index (χ1v) is 41.9. The fourth-order valence-corrected chi connectivity index (χ4v) is 53.4. The van der Waals surface area contributed by atoms with E-state index in [1.165, 1.54) is 48.0 Å². The largest absolute Gasteiger partial charge is 1.00 e. The predicted molar refractivity (Wildman–Crippen MR) is 246 cm³/mol. The normalized spacial score (nSPS) is 20.5. The molecule has 4 aromatic rings. The maximum absolute atomic E-state index is 2.76. The molecule has 0 spiro atoms. The van der Waals surface area contributed by atoms with Crippen LogP contribution in [0.1, 0.15) is 126 Å². The summed E-state index contributed by atoms with van der Waals surface area (Å²) in [5.74, 6) is -0.0418. The number of hydrogen-bond donors (Lipinski definition) is 0. The van der Waals surface area contributed by atoms with Gasteiger partial charge < -0.3 is 24.8 Å². The van der Waals surface area contributed by atoms with Gasteiger partial charge in [0.15, 0.2) is 0 Å².